The zero-order valence-corrected chi connectivity index (χ0v) is 15.4. The third kappa shape index (κ3) is 2.85. The molecule has 0 N–H and O–H groups in total. The summed E-state index contributed by atoms with van der Waals surface area (Å²) in [4.78, 5) is 4.92. The van der Waals surface area contributed by atoms with Crippen LogP contribution in [0.2, 0.25) is 0 Å². The van der Waals surface area contributed by atoms with Crippen LogP contribution in [-0.4, -0.2) is 4.98 Å². The third-order valence-corrected chi connectivity index (χ3v) is 5.13. The zero-order valence-electron chi connectivity index (χ0n) is 15.4. The lowest BCUT2D eigenvalue weighted by Gasteiger charge is -2.24. The molecule has 5 rings (SSSR count). The average molecular weight is 367 g/mol. The lowest BCUT2D eigenvalue weighted by atomic mass is 9.92. The molecular formula is C25H18FNO. The number of hydrogen-bond acceptors (Lipinski definition) is 2. The second-order valence-electron chi connectivity index (χ2n) is 7.04. The maximum Gasteiger partial charge on any atom is 0.129 e. The second-order valence-corrected chi connectivity index (χ2v) is 7.04. The van der Waals surface area contributed by atoms with Crippen LogP contribution >= 0.6 is 0 Å². The van der Waals surface area contributed by atoms with Gasteiger partial charge in [-0.25, -0.2) is 9.37 Å². The lowest BCUT2D eigenvalue weighted by Crippen LogP contribution is -2.10. The molecule has 3 heteroatoms. The van der Waals surface area contributed by atoms with Crippen LogP contribution in [0.15, 0.2) is 78.9 Å². The van der Waals surface area contributed by atoms with Gasteiger partial charge in [-0.3, -0.25) is 0 Å². The predicted molar refractivity (Wildman–Crippen MR) is 110 cm³/mol. The van der Waals surface area contributed by atoms with Gasteiger partial charge in [-0.05, 0) is 42.3 Å². The largest absolute Gasteiger partial charge is 0.488 e. The van der Waals surface area contributed by atoms with E-state index in [2.05, 4.69) is 37.3 Å². The molecule has 0 atom stereocenters. The molecule has 1 aliphatic heterocycles. The van der Waals surface area contributed by atoms with E-state index in [9.17, 15) is 4.39 Å². The number of rotatable bonds is 2. The molecule has 0 unspecified atom stereocenters. The highest BCUT2D eigenvalue weighted by molar-refractivity contribution is 5.83. The summed E-state index contributed by atoms with van der Waals surface area (Å²) in [5.41, 5.74) is 7.75. The van der Waals surface area contributed by atoms with Crippen molar-refractivity contribution in [3.05, 3.63) is 95.8 Å². The van der Waals surface area contributed by atoms with Gasteiger partial charge in [-0.15, -0.1) is 0 Å². The van der Waals surface area contributed by atoms with Gasteiger partial charge in [0.1, 0.15) is 18.2 Å². The van der Waals surface area contributed by atoms with Crippen LogP contribution in [0, 0.1) is 12.7 Å². The van der Waals surface area contributed by atoms with E-state index in [0.717, 1.165) is 33.6 Å². The number of halogens is 1. The van der Waals surface area contributed by atoms with Crippen molar-refractivity contribution < 1.29 is 9.13 Å². The van der Waals surface area contributed by atoms with Gasteiger partial charge < -0.3 is 4.74 Å². The second kappa shape index (κ2) is 6.61. The van der Waals surface area contributed by atoms with Crippen LogP contribution < -0.4 is 4.74 Å². The molecule has 0 aliphatic carbocycles. The summed E-state index contributed by atoms with van der Waals surface area (Å²) in [5, 5.41) is 0. The number of aromatic nitrogens is 1. The fraction of sp³-hybridized carbons (Fsp3) is 0.0800. The van der Waals surface area contributed by atoms with Gasteiger partial charge in [0.2, 0.25) is 0 Å². The van der Waals surface area contributed by atoms with Crippen molar-refractivity contribution in [2.24, 2.45) is 0 Å². The molecule has 1 aromatic heterocycles. The van der Waals surface area contributed by atoms with E-state index >= 15 is 0 Å². The van der Waals surface area contributed by atoms with Crippen molar-refractivity contribution in [2.75, 3.05) is 0 Å². The highest BCUT2D eigenvalue weighted by atomic mass is 19.1. The summed E-state index contributed by atoms with van der Waals surface area (Å²) >= 11 is 0. The van der Waals surface area contributed by atoms with Gasteiger partial charge in [0, 0.05) is 16.7 Å². The highest BCUT2D eigenvalue weighted by Crippen LogP contribution is 2.42. The van der Waals surface area contributed by atoms with Crippen molar-refractivity contribution in [3.63, 3.8) is 0 Å². The summed E-state index contributed by atoms with van der Waals surface area (Å²) in [6.07, 6.45) is 0. The number of fused-ring (bicyclic) bond motifs is 3. The Kier molecular flexibility index (Phi) is 3.94. The Morgan fingerprint density at radius 3 is 2.39 bits per heavy atom. The molecule has 28 heavy (non-hydrogen) atoms. The minimum atomic E-state index is -0.293. The maximum absolute atomic E-state index is 14.0. The number of aryl methyl sites for hydroxylation is 1. The van der Waals surface area contributed by atoms with E-state index in [4.69, 9.17) is 9.72 Å². The molecule has 0 bridgehead atoms. The maximum atomic E-state index is 14.0. The fourth-order valence-electron chi connectivity index (χ4n) is 3.65. The van der Waals surface area contributed by atoms with Crippen LogP contribution in [0.3, 0.4) is 0 Å². The first kappa shape index (κ1) is 16.7. The Morgan fingerprint density at radius 1 is 0.821 bits per heavy atom. The Bertz CT molecular complexity index is 1170. The van der Waals surface area contributed by atoms with E-state index in [-0.39, 0.29) is 5.82 Å². The fourth-order valence-corrected chi connectivity index (χ4v) is 3.65. The predicted octanol–water partition coefficient (Wildman–Crippen LogP) is 6.42. The van der Waals surface area contributed by atoms with Crippen LogP contribution in [0.5, 0.6) is 5.75 Å². The summed E-state index contributed by atoms with van der Waals surface area (Å²) < 4.78 is 19.9. The Hall–Kier alpha value is -3.46. The molecule has 2 heterocycles. The minimum Gasteiger partial charge on any atom is -0.488 e. The first-order valence-electron chi connectivity index (χ1n) is 9.28. The number of pyridine rings is 1. The van der Waals surface area contributed by atoms with Crippen molar-refractivity contribution in [3.8, 4) is 39.4 Å². The highest BCUT2D eigenvalue weighted by Gasteiger charge is 2.24. The van der Waals surface area contributed by atoms with Gasteiger partial charge in [-0.1, -0.05) is 60.2 Å². The standard InChI is InChI=1S/C25H18FNO/c1-16-7-9-17(10-8-16)20-14-23(18-5-3-2-4-6-18)27-25-21-13-19(26)11-12-24(21)28-15-22(20)25/h2-14H,15H2,1H3. The molecule has 0 radical (unpaired) electrons. The summed E-state index contributed by atoms with van der Waals surface area (Å²) in [6, 6.07) is 25.2. The van der Waals surface area contributed by atoms with Crippen molar-refractivity contribution in [2.45, 2.75) is 13.5 Å². The molecule has 0 saturated carbocycles. The SMILES string of the molecule is Cc1ccc(-c2cc(-c3ccccc3)nc3c2COc2ccc(F)cc2-3)cc1. The van der Waals surface area contributed by atoms with Gasteiger partial charge in [0.15, 0.2) is 0 Å². The molecule has 0 fully saturated rings. The molecule has 4 aromatic rings. The summed E-state index contributed by atoms with van der Waals surface area (Å²) in [6.45, 7) is 2.49. The first-order valence-corrected chi connectivity index (χ1v) is 9.28. The lowest BCUT2D eigenvalue weighted by molar-refractivity contribution is 0.301. The molecule has 0 saturated heterocycles. The monoisotopic (exact) mass is 367 g/mol. The van der Waals surface area contributed by atoms with E-state index in [1.807, 2.05) is 30.3 Å². The van der Waals surface area contributed by atoms with Gasteiger partial charge in [0.25, 0.3) is 0 Å². The Morgan fingerprint density at radius 2 is 1.61 bits per heavy atom. The molecule has 136 valence electrons. The van der Waals surface area contributed by atoms with E-state index < -0.39 is 0 Å². The van der Waals surface area contributed by atoms with Crippen LogP contribution in [0.4, 0.5) is 4.39 Å². The van der Waals surface area contributed by atoms with Crippen LogP contribution in [-0.2, 0) is 6.61 Å². The van der Waals surface area contributed by atoms with Gasteiger partial charge in [0.05, 0.1) is 11.4 Å². The van der Waals surface area contributed by atoms with Gasteiger partial charge >= 0.3 is 0 Å². The molecule has 0 amide bonds. The number of hydrogen-bond donors (Lipinski definition) is 0. The summed E-state index contributed by atoms with van der Waals surface area (Å²) in [5.74, 6) is 0.375. The molecule has 2 nitrogen and oxygen atoms in total. The van der Waals surface area contributed by atoms with Crippen LogP contribution in [0.1, 0.15) is 11.1 Å². The normalized spacial score (nSPS) is 12.1. The van der Waals surface area contributed by atoms with Gasteiger partial charge in [-0.2, -0.15) is 0 Å². The smallest absolute Gasteiger partial charge is 0.129 e. The molecule has 0 spiro atoms. The minimum absolute atomic E-state index is 0.293. The quantitative estimate of drug-likeness (QED) is 0.408. The van der Waals surface area contributed by atoms with E-state index in [0.29, 0.717) is 17.9 Å². The first-order chi connectivity index (χ1) is 13.7. The zero-order chi connectivity index (χ0) is 19.1. The van der Waals surface area contributed by atoms with Crippen molar-refractivity contribution in [1.82, 2.24) is 4.98 Å². The number of nitrogens with zero attached hydrogens (tertiary/aromatic N) is 1. The third-order valence-electron chi connectivity index (χ3n) is 5.13. The molecular weight excluding hydrogens is 349 g/mol. The van der Waals surface area contributed by atoms with Crippen molar-refractivity contribution in [1.29, 1.82) is 0 Å². The van der Waals surface area contributed by atoms with Crippen molar-refractivity contribution >= 4 is 0 Å². The average Bonchev–Trinajstić information content (AvgIpc) is 2.74. The topological polar surface area (TPSA) is 22.1 Å². The molecule has 3 aromatic carbocycles. The Labute approximate surface area is 163 Å². The molecule has 1 aliphatic rings. The van der Waals surface area contributed by atoms with E-state index in [1.54, 1.807) is 6.07 Å². The van der Waals surface area contributed by atoms with E-state index in [1.165, 1.54) is 17.7 Å². The Balaban J connectivity index is 1.80. The number of ether oxygens (including phenoxy) is 1. The van der Waals surface area contributed by atoms with Crippen LogP contribution in [0.25, 0.3) is 33.6 Å². The number of benzene rings is 3. The summed E-state index contributed by atoms with van der Waals surface area (Å²) in [7, 11) is 0.